The minimum absolute atomic E-state index is 1.26. The van der Waals surface area contributed by atoms with Crippen LogP contribution in [0.4, 0.5) is 0 Å². The van der Waals surface area contributed by atoms with E-state index in [1.807, 2.05) is 0 Å². The first kappa shape index (κ1) is 23.6. The van der Waals surface area contributed by atoms with Crippen molar-refractivity contribution in [2.75, 3.05) is 24.6 Å². The Hall–Kier alpha value is 0.650. The molecule has 0 aromatic heterocycles. The first-order valence-electron chi connectivity index (χ1n) is 10.4. The average Bonchev–Trinajstić information content (AvgIpc) is 2.54. The molecular formula is C21H44BrP. The van der Waals surface area contributed by atoms with Crippen molar-refractivity contribution in [1.82, 2.24) is 0 Å². The van der Waals surface area contributed by atoms with Crippen LogP contribution in [-0.4, -0.2) is 24.6 Å². The summed E-state index contributed by atoms with van der Waals surface area (Å²) in [6, 6.07) is 0. The van der Waals surface area contributed by atoms with Crippen LogP contribution in [0.1, 0.15) is 97.8 Å². The van der Waals surface area contributed by atoms with Crippen LogP contribution in [0, 0.1) is 0 Å². The molecule has 0 aliphatic rings. The zero-order chi connectivity index (χ0) is 17.5. The van der Waals surface area contributed by atoms with Crippen LogP contribution in [0.2, 0.25) is 0 Å². The molecule has 0 bridgehead atoms. The summed E-state index contributed by atoms with van der Waals surface area (Å²) in [4.78, 5) is 0. The quantitative estimate of drug-likeness (QED) is 0.128. The molecule has 0 aliphatic heterocycles. The van der Waals surface area contributed by atoms with Crippen LogP contribution in [0.15, 0.2) is 12.7 Å². The molecule has 0 atom stereocenters. The number of halogens is 1. The first-order chi connectivity index (χ1) is 11.0. The van der Waals surface area contributed by atoms with Crippen LogP contribution < -0.4 is 0 Å². The fraction of sp³-hybridized carbons (Fsp3) is 0.905. The van der Waals surface area contributed by atoms with E-state index in [1.54, 1.807) is 0 Å². The number of rotatable bonds is 17. The number of unbranched alkanes of at least 4 members (excludes halogenated alkanes) is 9. The van der Waals surface area contributed by atoms with Crippen molar-refractivity contribution in [3.05, 3.63) is 12.7 Å². The van der Waals surface area contributed by atoms with E-state index in [0.29, 0.717) is 0 Å². The summed E-state index contributed by atoms with van der Waals surface area (Å²) in [6.07, 6.45) is 24.6. The van der Waals surface area contributed by atoms with Crippen molar-refractivity contribution in [1.29, 1.82) is 0 Å². The molecule has 0 heterocycles. The van der Waals surface area contributed by atoms with Gasteiger partial charge in [0.1, 0.15) is 0 Å². The van der Waals surface area contributed by atoms with Crippen LogP contribution >= 0.6 is 20.8 Å². The third kappa shape index (κ3) is 11.0. The predicted octanol–water partition coefficient (Wildman–Crippen LogP) is 8.78. The molecule has 0 spiro atoms. The summed E-state index contributed by atoms with van der Waals surface area (Å²) in [5.41, 5.74) is 0. The Morgan fingerprint density at radius 1 is 0.652 bits per heavy atom. The summed E-state index contributed by atoms with van der Waals surface area (Å²) in [5.74, 6) is 0. The maximum absolute atomic E-state index is 4.47. The Bertz CT molecular complexity index is 254. The fourth-order valence-corrected chi connectivity index (χ4v) is 11.5. The molecule has 0 aromatic rings. The van der Waals surface area contributed by atoms with Crippen molar-refractivity contribution in [2.24, 2.45) is 0 Å². The van der Waals surface area contributed by atoms with E-state index in [0.717, 1.165) is 0 Å². The molecule has 0 fully saturated rings. The van der Waals surface area contributed by atoms with E-state index in [9.17, 15) is 0 Å². The Morgan fingerprint density at radius 3 is 1.26 bits per heavy atom. The molecule has 0 unspecified atom stereocenters. The zero-order valence-electron chi connectivity index (χ0n) is 16.4. The van der Waals surface area contributed by atoms with Gasteiger partial charge in [0.15, 0.2) is 0 Å². The number of hydrogen-bond acceptors (Lipinski definition) is 0. The van der Waals surface area contributed by atoms with E-state index >= 15 is 0 Å². The van der Waals surface area contributed by atoms with Gasteiger partial charge in [-0.3, -0.25) is 0 Å². The number of hydrogen-bond donors (Lipinski definition) is 0. The van der Waals surface area contributed by atoms with E-state index in [4.69, 9.17) is 0 Å². The van der Waals surface area contributed by atoms with Gasteiger partial charge in [-0.25, -0.2) is 0 Å². The zero-order valence-corrected chi connectivity index (χ0v) is 18.9. The van der Waals surface area contributed by atoms with Crippen LogP contribution in [-0.2, 0) is 0 Å². The molecule has 0 aliphatic carbocycles. The topological polar surface area (TPSA) is 0 Å². The first-order valence-corrected chi connectivity index (χ1v) is 15.4. The summed E-state index contributed by atoms with van der Waals surface area (Å²) < 4.78 is 0. The molecule has 0 amide bonds. The summed E-state index contributed by atoms with van der Waals surface area (Å²) in [6.45, 7) is 11.1. The minimum atomic E-state index is -1.74. The van der Waals surface area contributed by atoms with Crippen LogP contribution in [0.25, 0.3) is 0 Å². The second-order valence-electron chi connectivity index (χ2n) is 7.64. The van der Waals surface area contributed by atoms with Gasteiger partial charge in [-0.15, -0.1) is 0 Å². The predicted molar refractivity (Wildman–Crippen MR) is 118 cm³/mol. The normalized spacial score (nSPS) is 13.7. The van der Waals surface area contributed by atoms with Gasteiger partial charge >= 0.3 is 156 Å². The maximum atomic E-state index is 4.47. The molecule has 0 N–H and O–H groups in total. The molecule has 0 saturated carbocycles. The fourth-order valence-electron chi connectivity index (χ4n) is 3.73. The Kier molecular flexibility index (Phi) is 14.3. The Morgan fingerprint density at radius 2 is 1.00 bits per heavy atom. The molecule has 0 rings (SSSR count). The van der Waals surface area contributed by atoms with Gasteiger partial charge in [0, 0.05) is 0 Å². The van der Waals surface area contributed by atoms with Gasteiger partial charge in [-0.05, 0) is 0 Å². The van der Waals surface area contributed by atoms with Gasteiger partial charge in [0.25, 0.3) is 0 Å². The van der Waals surface area contributed by atoms with E-state index in [1.165, 1.54) is 102 Å². The molecule has 23 heavy (non-hydrogen) atoms. The molecule has 0 saturated heterocycles. The molecule has 0 aromatic carbocycles. The van der Waals surface area contributed by atoms with Crippen molar-refractivity contribution in [3.8, 4) is 0 Å². The molecule has 0 radical (unpaired) electrons. The van der Waals surface area contributed by atoms with Gasteiger partial charge in [-0.2, -0.15) is 0 Å². The third-order valence-electron chi connectivity index (χ3n) is 5.30. The van der Waals surface area contributed by atoms with Crippen molar-refractivity contribution < 1.29 is 0 Å². The van der Waals surface area contributed by atoms with Gasteiger partial charge in [-0.1, -0.05) is 0 Å². The summed E-state index contributed by atoms with van der Waals surface area (Å²) in [7, 11) is 0. The van der Waals surface area contributed by atoms with Gasteiger partial charge in [0.2, 0.25) is 0 Å². The third-order valence-corrected chi connectivity index (χ3v) is 14.8. The van der Waals surface area contributed by atoms with Gasteiger partial charge < -0.3 is 0 Å². The van der Waals surface area contributed by atoms with Crippen LogP contribution in [0.5, 0.6) is 0 Å². The monoisotopic (exact) mass is 406 g/mol. The van der Waals surface area contributed by atoms with Crippen molar-refractivity contribution in [3.63, 3.8) is 0 Å². The second-order valence-corrected chi connectivity index (χ2v) is 19.0. The Labute approximate surface area is 155 Å². The average molecular weight is 407 g/mol. The molecular weight excluding hydrogens is 363 g/mol. The van der Waals surface area contributed by atoms with E-state index in [2.05, 4.69) is 48.9 Å². The molecule has 140 valence electrons. The standard InChI is InChI=1S/C21H44BrP/c1-5-9-12-15-19-23(22,18-8-4,20-16-13-10-6-2)21-17-14-11-7-3/h8H,4-7,9-21H2,1-3H3. The van der Waals surface area contributed by atoms with E-state index in [-0.39, 0.29) is 0 Å². The summed E-state index contributed by atoms with van der Waals surface area (Å²) >= 11 is 4.47. The van der Waals surface area contributed by atoms with Gasteiger partial charge in [0.05, 0.1) is 0 Å². The molecule has 0 nitrogen and oxygen atoms in total. The Balaban J connectivity index is 4.77. The SMILES string of the molecule is C=CCP(Br)(CCCCCC)(CCCCCC)CCCCCC. The second kappa shape index (κ2) is 13.9. The van der Waals surface area contributed by atoms with Crippen molar-refractivity contribution >= 4 is 20.8 Å². The number of allylic oxidation sites excluding steroid dienone is 1. The van der Waals surface area contributed by atoms with Crippen molar-refractivity contribution in [2.45, 2.75) is 97.8 Å². The summed E-state index contributed by atoms with van der Waals surface area (Å²) in [5, 5.41) is -1.74. The molecule has 2 heteroatoms. The van der Waals surface area contributed by atoms with E-state index < -0.39 is 5.31 Å². The van der Waals surface area contributed by atoms with Crippen LogP contribution in [0.3, 0.4) is 0 Å².